The summed E-state index contributed by atoms with van der Waals surface area (Å²) in [6, 6.07) is 19.3. The maximum absolute atomic E-state index is 12.6. The second kappa shape index (κ2) is 7.63. The summed E-state index contributed by atoms with van der Waals surface area (Å²) in [4.78, 5) is 17.0. The third-order valence-corrected chi connectivity index (χ3v) is 4.93. The summed E-state index contributed by atoms with van der Waals surface area (Å²) in [5, 5.41) is 0. The Bertz CT molecular complexity index is 666. The van der Waals surface area contributed by atoms with Crippen LogP contribution in [0.15, 0.2) is 54.6 Å². The van der Waals surface area contributed by atoms with E-state index in [0.29, 0.717) is 12.5 Å². The van der Waals surface area contributed by atoms with Crippen LogP contribution in [0, 0.1) is 6.92 Å². The van der Waals surface area contributed by atoms with E-state index in [1.165, 1.54) is 16.7 Å². The summed E-state index contributed by atoms with van der Waals surface area (Å²) < 4.78 is 0. The molecule has 1 amide bonds. The first-order valence-electron chi connectivity index (χ1n) is 8.72. The van der Waals surface area contributed by atoms with E-state index in [2.05, 4.69) is 67.4 Å². The molecule has 1 aliphatic heterocycles. The number of carbonyl (C=O) groups is 1. The predicted molar refractivity (Wildman–Crippen MR) is 97.9 cm³/mol. The lowest BCUT2D eigenvalue weighted by atomic mass is 10.0. The van der Waals surface area contributed by atoms with E-state index in [0.717, 1.165) is 26.1 Å². The fourth-order valence-electron chi connectivity index (χ4n) is 3.30. The first kappa shape index (κ1) is 16.7. The van der Waals surface area contributed by atoms with Crippen molar-refractivity contribution in [1.82, 2.24) is 9.80 Å². The van der Waals surface area contributed by atoms with Gasteiger partial charge in [-0.3, -0.25) is 9.69 Å². The smallest absolute Gasteiger partial charge is 0.223 e. The summed E-state index contributed by atoms with van der Waals surface area (Å²) in [5.74, 6) is 0.268. The van der Waals surface area contributed by atoms with Gasteiger partial charge in [-0.2, -0.15) is 0 Å². The van der Waals surface area contributed by atoms with E-state index >= 15 is 0 Å². The lowest BCUT2D eigenvalue weighted by Crippen LogP contribution is -2.49. The van der Waals surface area contributed by atoms with E-state index in [-0.39, 0.29) is 5.91 Å². The van der Waals surface area contributed by atoms with Gasteiger partial charge in [0.05, 0.1) is 6.04 Å². The van der Waals surface area contributed by atoms with Gasteiger partial charge in [-0.15, -0.1) is 0 Å². The van der Waals surface area contributed by atoms with Gasteiger partial charge in [0.25, 0.3) is 0 Å². The lowest BCUT2D eigenvalue weighted by molar-refractivity contribution is -0.134. The van der Waals surface area contributed by atoms with Crippen molar-refractivity contribution < 1.29 is 4.79 Å². The molecule has 0 aliphatic carbocycles. The van der Waals surface area contributed by atoms with Crippen LogP contribution < -0.4 is 0 Å². The molecule has 126 valence electrons. The molecule has 1 saturated heterocycles. The molecule has 3 rings (SSSR count). The highest BCUT2D eigenvalue weighted by atomic mass is 16.2. The number of carbonyl (C=O) groups excluding carboxylic acids is 1. The van der Waals surface area contributed by atoms with Crippen LogP contribution in [0.5, 0.6) is 0 Å². The maximum Gasteiger partial charge on any atom is 0.223 e. The Morgan fingerprint density at radius 1 is 1.04 bits per heavy atom. The topological polar surface area (TPSA) is 23.6 Å². The quantitative estimate of drug-likeness (QED) is 0.861. The number of aryl methyl sites for hydroxylation is 2. The van der Waals surface area contributed by atoms with Crippen LogP contribution in [0.3, 0.4) is 0 Å². The monoisotopic (exact) mass is 322 g/mol. The Hall–Kier alpha value is -2.13. The summed E-state index contributed by atoms with van der Waals surface area (Å²) in [6.45, 7) is 4.62. The van der Waals surface area contributed by atoms with Crippen molar-refractivity contribution in [1.29, 1.82) is 0 Å². The lowest BCUT2D eigenvalue weighted by Gasteiger charge is -2.39. The third-order valence-electron chi connectivity index (χ3n) is 4.93. The molecule has 0 spiro atoms. The van der Waals surface area contributed by atoms with Gasteiger partial charge in [0.15, 0.2) is 0 Å². The summed E-state index contributed by atoms with van der Waals surface area (Å²) >= 11 is 0. The Morgan fingerprint density at radius 3 is 2.46 bits per heavy atom. The standard InChI is InChI=1S/C21H26N2O/c1-17-8-10-18(11-9-17)12-13-21(24)23-15-14-22(2)20(16-23)19-6-4-3-5-7-19/h3-11,20H,12-16H2,1-2H3. The molecule has 0 radical (unpaired) electrons. The Morgan fingerprint density at radius 2 is 1.75 bits per heavy atom. The number of hydrogen-bond acceptors (Lipinski definition) is 2. The van der Waals surface area contributed by atoms with Crippen LogP contribution in [0.1, 0.15) is 29.2 Å². The zero-order chi connectivity index (χ0) is 16.9. The minimum absolute atomic E-state index is 0.268. The van der Waals surface area contributed by atoms with Crippen molar-refractivity contribution in [2.75, 3.05) is 26.7 Å². The molecule has 1 atom stereocenters. The van der Waals surface area contributed by atoms with Gasteiger partial charge >= 0.3 is 0 Å². The van der Waals surface area contributed by atoms with Crippen LogP contribution in [-0.4, -0.2) is 42.4 Å². The van der Waals surface area contributed by atoms with Crippen LogP contribution in [-0.2, 0) is 11.2 Å². The van der Waals surface area contributed by atoms with Gasteiger partial charge < -0.3 is 4.90 Å². The number of piperazine rings is 1. The molecular formula is C21H26N2O. The second-order valence-electron chi connectivity index (χ2n) is 6.73. The molecule has 0 bridgehead atoms. The molecule has 1 unspecified atom stereocenters. The molecular weight excluding hydrogens is 296 g/mol. The SMILES string of the molecule is Cc1ccc(CCC(=O)N2CCN(C)C(c3ccccc3)C2)cc1. The first-order chi connectivity index (χ1) is 11.6. The minimum Gasteiger partial charge on any atom is -0.339 e. The maximum atomic E-state index is 12.6. The molecule has 3 nitrogen and oxygen atoms in total. The fourth-order valence-corrected chi connectivity index (χ4v) is 3.30. The van der Waals surface area contributed by atoms with Gasteiger partial charge in [-0.25, -0.2) is 0 Å². The summed E-state index contributed by atoms with van der Waals surface area (Å²) in [5.41, 5.74) is 3.79. The van der Waals surface area contributed by atoms with Crippen molar-refractivity contribution in [2.45, 2.75) is 25.8 Å². The van der Waals surface area contributed by atoms with Crippen molar-refractivity contribution in [3.8, 4) is 0 Å². The number of rotatable bonds is 4. The van der Waals surface area contributed by atoms with Crippen molar-refractivity contribution in [2.24, 2.45) is 0 Å². The molecule has 1 aliphatic rings. The fraction of sp³-hybridized carbons (Fsp3) is 0.381. The summed E-state index contributed by atoms with van der Waals surface area (Å²) in [7, 11) is 2.14. The van der Waals surface area contributed by atoms with Crippen molar-refractivity contribution >= 4 is 5.91 Å². The van der Waals surface area contributed by atoms with Crippen molar-refractivity contribution in [3.05, 3.63) is 71.3 Å². The summed E-state index contributed by atoms with van der Waals surface area (Å²) in [6.07, 6.45) is 1.41. The van der Waals surface area contributed by atoms with Gasteiger partial charge in [0.1, 0.15) is 0 Å². The van der Waals surface area contributed by atoms with Gasteiger partial charge in [0, 0.05) is 26.1 Å². The molecule has 1 fully saturated rings. The molecule has 2 aromatic rings. The average molecular weight is 322 g/mol. The van der Waals surface area contributed by atoms with E-state index in [1.54, 1.807) is 0 Å². The van der Waals surface area contributed by atoms with E-state index in [9.17, 15) is 4.79 Å². The molecule has 24 heavy (non-hydrogen) atoms. The third kappa shape index (κ3) is 4.04. The van der Waals surface area contributed by atoms with Crippen molar-refractivity contribution in [3.63, 3.8) is 0 Å². The normalized spacial score (nSPS) is 18.6. The minimum atomic E-state index is 0.268. The predicted octanol–water partition coefficient (Wildman–Crippen LogP) is 3.44. The zero-order valence-corrected chi connectivity index (χ0v) is 14.6. The average Bonchev–Trinajstić information content (AvgIpc) is 2.62. The highest BCUT2D eigenvalue weighted by Gasteiger charge is 2.27. The number of amides is 1. The number of hydrogen-bond donors (Lipinski definition) is 0. The second-order valence-corrected chi connectivity index (χ2v) is 6.73. The van der Waals surface area contributed by atoms with Crippen LogP contribution in [0.25, 0.3) is 0 Å². The van der Waals surface area contributed by atoms with Crippen LogP contribution in [0.4, 0.5) is 0 Å². The Balaban J connectivity index is 1.59. The van der Waals surface area contributed by atoms with Gasteiger partial charge in [-0.05, 0) is 31.5 Å². The molecule has 0 saturated carbocycles. The van der Waals surface area contributed by atoms with Crippen LogP contribution in [0.2, 0.25) is 0 Å². The van der Waals surface area contributed by atoms with Crippen LogP contribution >= 0.6 is 0 Å². The number of nitrogens with zero attached hydrogens (tertiary/aromatic N) is 2. The number of likely N-dealkylation sites (N-methyl/N-ethyl adjacent to an activating group) is 1. The highest BCUT2D eigenvalue weighted by Crippen LogP contribution is 2.24. The van der Waals surface area contributed by atoms with Gasteiger partial charge in [-0.1, -0.05) is 60.2 Å². The van der Waals surface area contributed by atoms with E-state index in [4.69, 9.17) is 0 Å². The first-order valence-corrected chi connectivity index (χ1v) is 8.72. The molecule has 3 heteroatoms. The Labute approximate surface area is 144 Å². The molecule has 0 N–H and O–H groups in total. The zero-order valence-electron chi connectivity index (χ0n) is 14.6. The Kier molecular flexibility index (Phi) is 5.31. The molecule has 1 heterocycles. The molecule has 0 aromatic heterocycles. The largest absolute Gasteiger partial charge is 0.339 e. The van der Waals surface area contributed by atoms with E-state index in [1.807, 2.05) is 11.0 Å². The number of benzene rings is 2. The van der Waals surface area contributed by atoms with E-state index < -0.39 is 0 Å². The molecule has 2 aromatic carbocycles. The van der Waals surface area contributed by atoms with Gasteiger partial charge in [0.2, 0.25) is 5.91 Å². The highest BCUT2D eigenvalue weighted by molar-refractivity contribution is 5.76.